The molecule has 4 rings (SSSR count). The molecule has 3 N–H and O–H groups in total. The van der Waals surface area contributed by atoms with E-state index in [2.05, 4.69) is 16.0 Å². The van der Waals surface area contributed by atoms with E-state index in [0.717, 1.165) is 25.9 Å². The van der Waals surface area contributed by atoms with Crippen LogP contribution in [0, 0.1) is 0 Å². The molecule has 2 aliphatic carbocycles. The summed E-state index contributed by atoms with van der Waals surface area (Å²) in [5.74, 6) is -0.500. The van der Waals surface area contributed by atoms with E-state index in [9.17, 15) is 19.2 Å². The molecular weight excluding hydrogens is 442 g/mol. The number of allylic oxidation sites excluding steroid dienone is 4. The van der Waals surface area contributed by atoms with Gasteiger partial charge in [0.2, 0.25) is 11.6 Å². The second-order valence-electron chi connectivity index (χ2n) is 8.72. The van der Waals surface area contributed by atoms with Crippen molar-refractivity contribution in [1.82, 2.24) is 16.0 Å². The first-order chi connectivity index (χ1) is 16.9. The van der Waals surface area contributed by atoms with Gasteiger partial charge in [0.1, 0.15) is 0 Å². The summed E-state index contributed by atoms with van der Waals surface area (Å²) in [4.78, 5) is 50.5. The van der Waals surface area contributed by atoms with Crippen LogP contribution in [0.25, 0.3) is 0 Å². The van der Waals surface area contributed by atoms with Gasteiger partial charge in [0, 0.05) is 46.5 Å². The number of Topliss-reactive ketones (excluding diaryl/α,β-unsaturated/α-hetero) is 4. The van der Waals surface area contributed by atoms with E-state index in [1.54, 1.807) is 62.4 Å². The van der Waals surface area contributed by atoms with E-state index in [4.69, 9.17) is 0 Å². The Morgan fingerprint density at radius 2 is 0.857 bits per heavy atom. The normalized spacial score (nSPS) is 15.4. The molecule has 0 saturated carbocycles. The molecule has 0 aliphatic heterocycles. The van der Waals surface area contributed by atoms with Crippen molar-refractivity contribution in [3.8, 4) is 0 Å². The molecule has 0 unspecified atom stereocenters. The molecule has 0 heterocycles. The van der Waals surface area contributed by atoms with Gasteiger partial charge in [-0.25, -0.2) is 0 Å². The first-order valence-corrected chi connectivity index (χ1v) is 11.9. The lowest BCUT2D eigenvalue weighted by Gasteiger charge is -2.20. The number of hydrogen-bond donors (Lipinski definition) is 3. The summed E-state index contributed by atoms with van der Waals surface area (Å²) in [6, 6.07) is 13.8. The van der Waals surface area contributed by atoms with E-state index in [-0.39, 0.29) is 23.1 Å². The molecule has 0 atom stereocenters. The van der Waals surface area contributed by atoms with E-state index in [1.807, 2.05) is 0 Å². The van der Waals surface area contributed by atoms with Gasteiger partial charge in [-0.3, -0.25) is 19.2 Å². The van der Waals surface area contributed by atoms with Gasteiger partial charge in [-0.2, -0.15) is 0 Å². The Kier molecular flexibility index (Phi) is 7.36. The Morgan fingerprint density at radius 1 is 0.514 bits per heavy atom. The Bertz CT molecular complexity index is 1170. The lowest BCUT2D eigenvalue weighted by molar-refractivity contribution is 0.0968. The van der Waals surface area contributed by atoms with E-state index in [0.29, 0.717) is 57.9 Å². The van der Waals surface area contributed by atoms with Gasteiger partial charge in [-0.05, 0) is 39.8 Å². The molecule has 180 valence electrons. The highest BCUT2D eigenvalue weighted by Gasteiger charge is 2.30. The summed E-state index contributed by atoms with van der Waals surface area (Å²) >= 11 is 0. The monoisotopic (exact) mass is 471 g/mol. The number of nitrogens with one attached hydrogen (secondary N) is 3. The highest BCUT2D eigenvalue weighted by Crippen LogP contribution is 2.25. The average Bonchev–Trinajstić information content (AvgIpc) is 2.88. The minimum Gasteiger partial charge on any atom is -0.381 e. The summed E-state index contributed by atoms with van der Waals surface area (Å²) in [7, 11) is 0. The van der Waals surface area contributed by atoms with Crippen LogP contribution in [0.4, 0.5) is 0 Å². The molecule has 35 heavy (non-hydrogen) atoms. The number of carbonyl (C=O) groups excluding carboxylic acids is 4. The molecule has 0 spiro atoms. The minimum absolute atomic E-state index is 0.111. The summed E-state index contributed by atoms with van der Waals surface area (Å²) in [5.41, 5.74) is 3.50. The van der Waals surface area contributed by atoms with Gasteiger partial charge < -0.3 is 16.0 Å². The predicted molar refractivity (Wildman–Crippen MR) is 134 cm³/mol. The van der Waals surface area contributed by atoms with Crippen molar-refractivity contribution in [3.05, 3.63) is 93.3 Å². The van der Waals surface area contributed by atoms with Gasteiger partial charge in [0.25, 0.3) is 0 Å². The molecule has 0 fully saturated rings. The van der Waals surface area contributed by atoms with Crippen LogP contribution in [0.5, 0.6) is 0 Å². The summed E-state index contributed by atoms with van der Waals surface area (Å²) in [6.07, 6.45) is 1.56. The molecule has 2 aromatic carbocycles. The van der Waals surface area contributed by atoms with Crippen molar-refractivity contribution < 1.29 is 19.2 Å². The highest BCUT2D eigenvalue weighted by atomic mass is 16.1. The van der Waals surface area contributed by atoms with Crippen LogP contribution in [-0.4, -0.2) is 49.3 Å². The molecule has 0 aromatic heterocycles. The lowest BCUT2D eigenvalue weighted by Crippen LogP contribution is -2.32. The largest absolute Gasteiger partial charge is 0.381 e. The molecule has 7 heteroatoms. The second kappa shape index (κ2) is 10.6. The maximum absolute atomic E-state index is 12.7. The van der Waals surface area contributed by atoms with Crippen LogP contribution in [0.15, 0.2) is 71.1 Å². The average molecular weight is 472 g/mol. The molecule has 2 aromatic rings. The molecule has 0 radical (unpaired) electrons. The molecule has 0 bridgehead atoms. The zero-order valence-electron chi connectivity index (χ0n) is 20.0. The highest BCUT2D eigenvalue weighted by molar-refractivity contribution is 6.27. The van der Waals surface area contributed by atoms with E-state index >= 15 is 0 Å². The quantitative estimate of drug-likeness (QED) is 0.457. The van der Waals surface area contributed by atoms with Crippen LogP contribution in [0.3, 0.4) is 0 Å². The van der Waals surface area contributed by atoms with Crippen molar-refractivity contribution in [1.29, 1.82) is 0 Å². The zero-order chi connectivity index (χ0) is 24.9. The van der Waals surface area contributed by atoms with Crippen molar-refractivity contribution >= 4 is 23.1 Å². The standard InChI is InChI=1S/C28H29N3O4/c1-17-23(27(34)21-11-5-3-9-19(21)25(17)32)30-15-7-13-29-14-8-16-31-24-18(2)26(33)20-10-4-6-12-22(20)28(24)35/h3-6,9-12,29-31H,7-8,13-16H2,1-2H3. The number of fused-ring (bicyclic) bond motifs is 2. The number of rotatable bonds is 10. The number of ketones is 4. The fraction of sp³-hybridized carbons (Fsp3) is 0.286. The Labute approximate surface area is 204 Å². The van der Waals surface area contributed by atoms with Crippen LogP contribution in [0.1, 0.15) is 68.1 Å². The van der Waals surface area contributed by atoms with Crippen LogP contribution < -0.4 is 16.0 Å². The van der Waals surface area contributed by atoms with Crippen LogP contribution in [0.2, 0.25) is 0 Å². The Balaban J connectivity index is 1.17. The molecular formula is C28H29N3O4. The number of benzene rings is 2. The predicted octanol–water partition coefficient (Wildman–Crippen LogP) is 3.24. The Hall–Kier alpha value is -3.84. The SMILES string of the molecule is CC1=C(NCCCNCCCNC2=C(C)C(=O)c3ccccc3C2=O)C(=O)c2ccccc2C1=O. The smallest absolute Gasteiger partial charge is 0.209 e. The van der Waals surface area contributed by atoms with Crippen molar-refractivity contribution in [2.75, 3.05) is 26.2 Å². The van der Waals surface area contributed by atoms with E-state index in [1.165, 1.54) is 0 Å². The summed E-state index contributed by atoms with van der Waals surface area (Å²) in [6.45, 7) is 5.99. The number of carbonyl (C=O) groups is 4. The van der Waals surface area contributed by atoms with Gasteiger partial charge >= 0.3 is 0 Å². The first-order valence-electron chi connectivity index (χ1n) is 11.9. The van der Waals surface area contributed by atoms with Gasteiger partial charge in [0.15, 0.2) is 11.6 Å². The lowest BCUT2D eigenvalue weighted by atomic mass is 9.88. The van der Waals surface area contributed by atoms with Crippen LogP contribution >= 0.6 is 0 Å². The zero-order valence-corrected chi connectivity index (χ0v) is 20.0. The van der Waals surface area contributed by atoms with Gasteiger partial charge in [-0.15, -0.1) is 0 Å². The molecule has 0 saturated heterocycles. The van der Waals surface area contributed by atoms with Crippen molar-refractivity contribution in [2.24, 2.45) is 0 Å². The van der Waals surface area contributed by atoms with Crippen molar-refractivity contribution in [3.63, 3.8) is 0 Å². The molecule has 7 nitrogen and oxygen atoms in total. The maximum Gasteiger partial charge on any atom is 0.209 e. The fourth-order valence-electron chi connectivity index (χ4n) is 4.40. The summed E-state index contributed by atoms with van der Waals surface area (Å²) in [5, 5.41) is 9.62. The number of hydrogen-bond acceptors (Lipinski definition) is 7. The summed E-state index contributed by atoms with van der Waals surface area (Å²) < 4.78 is 0. The van der Waals surface area contributed by atoms with Crippen molar-refractivity contribution in [2.45, 2.75) is 26.7 Å². The molecule has 0 amide bonds. The topological polar surface area (TPSA) is 104 Å². The Morgan fingerprint density at radius 3 is 1.23 bits per heavy atom. The molecule has 2 aliphatic rings. The fourth-order valence-corrected chi connectivity index (χ4v) is 4.40. The van der Waals surface area contributed by atoms with Gasteiger partial charge in [-0.1, -0.05) is 48.5 Å². The second-order valence-corrected chi connectivity index (χ2v) is 8.72. The van der Waals surface area contributed by atoms with E-state index < -0.39 is 0 Å². The van der Waals surface area contributed by atoms with Crippen LogP contribution in [-0.2, 0) is 0 Å². The maximum atomic E-state index is 12.7. The van der Waals surface area contributed by atoms with Gasteiger partial charge in [0.05, 0.1) is 11.4 Å². The third-order valence-corrected chi connectivity index (χ3v) is 6.38. The third kappa shape index (κ3) is 4.86. The first kappa shape index (κ1) is 24.3. The third-order valence-electron chi connectivity index (χ3n) is 6.38. The minimum atomic E-state index is -0.139.